The first-order valence-corrected chi connectivity index (χ1v) is 10.7. The molecule has 0 aromatic rings. The van der Waals surface area contributed by atoms with Gasteiger partial charge in [-0.25, -0.2) is 0 Å². The highest BCUT2D eigenvalue weighted by atomic mass is 19.4. The second kappa shape index (κ2) is 12.0. The van der Waals surface area contributed by atoms with Gasteiger partial charge in [-0.2, -0.15) is 92.2 Å². The molecule has 264 valence electrons. The van der Waals surface area contributed by atoms with Gasteiger partial charge in [-0.1, -0.05) is 17.2 Å². The van der Waals surface area contributed by atoms with Crippen LogP contribution in [0, 0.1) is 5.92 Å². The maximum Gasteiger partial charge on any atom is 0.460 e. The number of azide groups is 2. The van der Waals surface area contributed by atoms with Crippen molar-refractivity contribution in [2.45, 2.75) is 85.5 Å². The van der Waals surface area contributed by atoms with Gasteiger partial charge in [0.15, 0.2) is 0 Å². The minimum Gasteiger partial charge on any atom is -0.369 e. The highest BCUT2D eigenvalue weighted by Gasteiger charge is 2.97. The standard InChI is InChI=1S/C17H13F21N6O/c1-6(5-41-43-39)7(2,42-44-40)45-4-3-8(18,19)9(20,21)10(22,23)11(24,25)12(26,27)13(28,29)14(30,31)15(32,33)16(34,35)17(36,37)38/h6H,3-5H2,1-2H3. The minimum atomic E-state index is -9.25. The van der Waals surface area contributed by atoms with Crippen LogP contribution in [-0.2, 0) is 4.74 Å². The zero-order valence-electron chi connectivity index (χ0n) is 21.2. The fraction of sp³-hybridized carbons (Fsp3) is 1.00. The monoisotopic (exact) mass is 716 g/mol. The number of hydrogen-bond donors (Lipinski definition) is 0. The molecule has 0 rings (SSSR count). The van der Waals surface area contributed by atoms with E-state index in [2.05, 4.69) is 24.8 Å². The molecule has 0 radical (unpaired) electrons. The van der Waals surface area contributed by atoms with Crippen LogP contribution < -0.4 is 0 Å². The molecule has 0 saturated carbocycles. The molecule has 0 aliphatic heterocycles. The Bertz CT molecular complexity index is 1160. The van der Waals surface area contributed by atoms with Gasteiger partial charge in [-0.15, -0.1) is 0 Å². The molecule has 0 saturated heterocycles. The van der Waals surface area contributed by atoms with Crippen molar-refractivity contribution in [3.63, 3.8) is 0 Å². The lowest BCUT2D eigenvalue weighted by Gasteiger charge is -2.44. The van der Waals surface area contributed by atoms with Crippen LogP contribution in [0.1, 0.15) is 20.3 Å². The Labute approximate surface area is 233 Å². The summed E-state index contributed by atoms with van der Waals surface area (Å²) in [5.41, 5.74) is 14.2. The first-order chi connectivity index (χ1) is 19.5. The van der Waals surface area contributed by atoms with E-state index in [4.69, 9.17) is 11.1 Å². The van der Waals surface area contributed by atoms with Gasteiger partial charge in [-0.05, 0) is 23.9 Å². The first-order valence-electron chi connectivity index (χ1n) is 10.7. The summed E-state index contributed by atoms with van der Waals surface area (Å²) in [6.45, 7) is -1.25. The summed E-state index contributed by atoms with van der Waals surface area (Å²) in [5.74, 6) is -79.2. The van der Waals surface area contributed by atoms with Crippen LogP contribution >= 0.6 is 0 Å². The zero-order chi connectivity index (χ0) is 36.7. The van der Waals surface area contributed by atoms with E-state index < -0.39 is 90.7 Å². The predicted molar refractivity (Wildman–Crippen MR) is 102 cm³/mol. The molecular weight excluding hydrogens is 703 g/mol. The topological polar surface area (TPSA) is 107 Å². The van der Waals surface area contributed by atoms with Crippen LogP contribution in [0.2, 0.25) is 0 Å². The number of ether oxygens (including phenoxy) is 1. The van der Waals surface area contributed by atoms with Gasteiger partial charge in [0.1, 0.15) is 5.72 Å². The van der Waals surface area contributed by atoms with Gasteiger partial charge in [0, 0.05) is 22.8 Å². The van der Waals surface area contributed by atoms with Crippen LogP contribution in [0.4, 0.5) is 92.2 Å². The SMILES string of the molecule is CC(CN=[N+]=[N-])C(C)(N=[N+]=[N-])OCCC(F)(F)C(F)(F)C(F)(F)C(F)(F)C(F)(F)C(F)(F)C(F)(F)C(F)(F)C(F)(F)C(F)(F)F. The van der Waals surface area contributed by atoms with Gasteiger partial charge in [0.25, 0.3) is 0 Å². The summed E-state index contributed by atoms with van der Waals surface area (Å²) in [5, 5.41) is 5.76. The molecule has 0 heterocycles. The van der Waals surface area contributed by atoms with Gasteiger partial charge in [0.2, 0.25) is 0 Å². The molecule has 0 aliphatic carbocycles. The van der Waals surface area contributed by atoms with Gasteiger partial charge < -0.3 is 4.74 Å². The number of nitrogens with zero attached hydrogens (tertiary/aromatic N) is 6. The molecule has 2 unspecified atom stereocenters. The Morgan fingerprint density at radius 1 is 0.556 bits per heavy atom. The molecule has 0 aromatic heterocycles. The summed E-state index contributed by atoms with van der Waals surface area (Å²) < 4.78 is 286. The number of rotatable bonds is 16. The molecule has 0 aliphatic rings. The van der Waals surface area contributed by atoms with E-state index in [0.29, 0.717) is 6.92 Å². The van der Waals surface area contributed by atoms with Crippen molar-refractivity contribution in [1.82, 2.24) is 0 Å². The molecule has 28 heteroatoms. The Kier molecular flexibility index (Phi) is 11.3. The fourth-order valence-corrected chi connectivity index (χ4v) is 2.82. The summed E-state index contributed by atoms with van der Waals surface area (Å²) >= 11 is 0. The molecule has 0 aromatic carbocycles. The van der Waals surface area contributed by atoms with E-state index in [0.717, 1.165) is 6.92 Å². The molecule has 2 atom stereocenters. The third-order valence-corrected chi connectivity index (χ3v) is 5.96. The van der Waals surface area contributed by atoms with Crippen LogP contribution in [0.5, 0.6) is 0 Å². The normalized spacial score (nSPS) is 17.2. The van der Waals surface area contributed by atoms with Crippen LogP contribution in [0.15, 0.2) is 10.2 Å². The Hall–Kier alpha value is -2.89. The van der Waals surface area contributed by atoms with E-state index in [-0.39, 0.29) is 0 Å². The number of hydrogen-bond acceptors (Lipinski definition) is 3. The minimum absolute atomic E-state index is 0.643. The second-order valence-electron chi connectivity index (χ2n) is 8.95. The van der Waals surface area contributed by atoms with Crippen molar-refractivity contribution in [3.8, 4) is 0 Å². The highest BCUT2D eigenvalue weighted by molar-refractivity contribution is 5.17. The summed E-state index contributed by atoms with van der Waals surface area (Å²) in [6.07, 6.45) is -11.1. The lowest BCUT2D eigenvalue weighted by atomic mass is 9.86. The zero-order valence-corrected chi connectivity index (χ0v) is 21.2. The fourth-order valence-electron chi connectivity index (χ4n) is 2.82. The summed E-state index contributed by atoms with van der Waals surface area (Å²) in [7, 11) is 0. The van der Waals surface area contributed by atoms with Gasteiger partial charge >= 0.3 is 59.5 Å². The van der Waals surface area contributed by atoms with E-state index in [1.165, 1.54) is 0 Å². The van der Waals surface area contributed by atoms with Crippen molar-refractivity contribution < 1.29 is 96.9 Å². The second-order valence-corrected chi connectivity index (χ2v) is 8.95. The molecule has 0 spiro atoms. The van der Waals surface area contributed by atoms with Crippen molar-refractivity contribution in [1.29, 1.82) is 0 Å². The maximum absolute atomic E-state index is 14.0. The largest absolute Gasteiger partial charge is 0.460 e. The number of alkyl halides is 21. The van der Waals surface area contributed by atoms with Gasteiger partial charge in [-0.3, -0.25) is 0 Å². The van der Waals surface area contributed by atoms with E-state index in [1.807, 2.05) is 0 Å². The molecule has 0 N–H and O–H groups in total. The van der Waals surface area contributed by atoms with Crippen LogP contribution in [0.3, 0.4) is 0 Å². The predicted octanol–water partition coefficient (Wildman–Crippen LogP) is 9.65. The van der Waals surface area contributed by atoms with Crippen molar-refractivity contribution in [2.75, 3.05) is 13.2 Å². The Morgan fingerprint density at radius 3 is 1.20 bits per heavy atom. The van der Waals surface area contributed by atoms with Gasteiger partial charge in [0.05, 0.1) is 6.61 Å². The molecule has 0 amide bonds. The van der Waals surface area contributed by atoms with Crippen LogP contribution in [0.25, 0.3) is 20.9 Å². The maximum atomic E-state index is 14.0. The van der Waals surface area contributed by atoms with Crippen molar-refractivity contribution >= 4 is 0 Å². The molecule has 0 fully saturated rings. The first kappa shape index (κ1) is 42.1. The molecule has 45 heavy (non-hydrogen) atoms. The Morgan fingerprint density at radius 2 is 0.889 bits per heavy atom. The quantitative estimate of drug-likeness (QED) is 0.0675. The third kappa shape index (κ3) is 6.27. The average molecular weight is 716 g/mol. The lowest BCUT2D eigenvalue weighted by molar-refractivity contribution is -0.474. The molecule has 7 nitrogen and oxygen atoms in total. The number of halogens is 21. The highest BCUT2D eigenvalue weighted by Crippen LogP contribution is 2.66. The van der Waals surface area contributed by atoms with Crippen molar-refractivity contribution in [2.24, 2.45) is 16.1 Å². The molecular formula is C17H13F21N6O. The van der Waals surface area contributed by atoms with E-state index >= 15 is 0 Å². The Balaban J connectivity index is 6.75. The summed E-state index contributed by atoms with van der Waals surface area (Å²) in [6, 6.07) is 0. The van der Waals surface area contributed by atoms with Crippen LogP contribution in [-0.4, -0.2) is 78.4 Å². The average Bonchev–Trinajstić information content (AvgIpc) is 2.85. The lowest BCUT2D eigenvalue weighted by Crippen LogP contribution is -2.76. The molecule has 0 bridgehead atoms. The van der Waals surface area contributed by atoms with Crippen molar-refractivity contribution in [3.05, 3.63) is 20.9 Å². The summed E-state index contributed by atoms with van der Waals surface area (Å²) in [4.78, 5) is 4.33. The smallest absolute Gasteiger partial charge is 0.369 e. The van der Waals surface area contributed by atoms with E-state index in [9.17, 15) is 92.2 Å². The van der Waals surface area contributed by atoms with E-state index in [1.54, 1.807) is 0 Å². The third-order valence-electron chi connectivity index (χ3n) is 5.96.